The van der Waals surface area contributed by atoms with Crippen LogP contribution in [0.4, 0.5) is 0 Å². The number of aryl methyl sites for hydroxylation is 2. The summed E-state index contributed by atoms with van der Waals surface area (Å²) in [4.78, 5) is 17.0. The first-order chi connectivity index (χ1) is 13.7. The number of ether oxygens (including phenoxy) is 2. The van der Waals surface area contributed by atoms with Crippen molar-refractivity contribution < 1.29 is 19.4 Å². The van der Waals surface area contributed by atoms with Crippen molar-refractivity contribution in [3.8, 4) is 17.1 Å². The number of rotatable bonds is 5. The molecule has 29 heavy (non-hydrogen) atoms. The van der Waals surface area contributed by atoms with Gasteiger partial charge in [0.2, 0.25) is 0 Å². The molecule has 8 heteroatoms. The number of hydrogen-bond acceptors (Lipinski definition) is 7. The van der Waals surface area contributed by atoms with Crippen molar-refractivity contribution in [1.29, 1.82) is 0 Å². The Balaban J connectivity index is 1.69. The van der Waals surface area contributed by atoms with E-state index in [4.69, 9.17) is 9.47 Å². The molecule has 0 aromatic carbocycles. The lowest BCUT2D eigenvalue weighted by molar-refractivity contribution is -0.162. The summed E-state index contributed by atoms with van der Waals surface area (Å²) < 4.78 is 13.3. The first kappa shape index (κ1) is 21.2. The molecule has 0 radical (unpaired) electrons. The van der Waals surface area contributed by atoms with E-state index in [1.165, 1.54) is 4.68 Å². The summed E-state index contributed by atoms with van der Waals surface area (Å²) in [6.07, 6.45) is 3.27. The van der Waals surface area contributed by atoms with Gasteiger partial charge in [0, 0.05) is 7.05 Å². The molecular formula is C21H30N4O4. The fraction of sp³-hybridized carbons (Fsp3) is 0.619. The highest BCUT2D eigenvalue weighted by atomic mass is 16.6. The van der Waals surface area contributed by atoms with E-state index < -0.39 is 5.60 Å². The predicted molar refractivity (Wildman–Crippen MR) is 107 cm³/mol. The van der Waals surface area contributed by atoms with E-state index in [2.05, 4.69) is 15.3 Å². The van der Waals surface area contributed by atoms with Crippen LogP contribution in [-0.2, 0) is 23.2 Å². The zero-order chi connectivity index (χ0) is 21.2. The number of aromatic nitrogens is 4. The molecular weight excluding hydrogens is 372 g/mol. The van der Waals surface area contributed by atoms with Gasteiger partial charge in [0.15, 0.2) is 0 Å². The van der Waals surface area contributed by atoms with Gasteiger partial charge in [-0.1, -0.05) is 5.21 Å². The number of pyridine rings is 1. The van der Waals surface area contributed by atoms with Gasteiger partial charge in [0.25, 0.3) is 0 Å². The molecule has 1 saturated carbocycles. The first-order valence-electron chi connectivity index (χ1n) is 10.0. The second-order valence-corrected chi connectivity index (χ2v) is 8.58. The topological polar surface area (TPSA) is 99.4 Å². The number of carbonyl (C=O) groups is 1. The Kier molecular flexibility index (Phi) is 6.21. The van der Waals surface area contributed by atoms with Gasteiger partial charge < -0.3 is 14.6 Å². The van der Waals surface area contributed by atoms with Gasteiger partial charge >= 0.3 is 5.97 Å². The lowest BCUT2D eigenvalue weighted by atomic mass is 9.87. The van der Waals surface area contributed by atoms with Gasteiger partial charge in [-0.25, -0.2) is 9.67 Å². The molecule has 0 saturated heterocycles. The molecule has 158 valence electrons. The summed E-state index contributed by atoms with van der Waals surface area (Å²) >= 11 is 0. The van der Waals surface area contributed by atoms with Crippen molar-refractivity contribution >= 4 is 5.97 Å². The van der Waals surface area contributed by atoms with E-state index in [0.717, 1.165) is 25.0 Å². The van der Waals surface area contributed by atoms with Crippen LogP contribution in [0.25, 0.3) is 11.4 Å². The monoisotopic (exact) mass is 402 g/mol. The Morgan fingerprint density at radius 2 is 2.07 bits per heavy atom. The van der Waals surface area contributed by atoms with Crippen LogP contribution in [0.2, 0.25) is 0 Å². The fourth-order valence-corrected chi connectivity index (χ4v) is 3.59. The lowest BCUT2D eigenvalue weighted by Crippen LogP contribution is -2.34. The Morgan fingerprint density at radius 1 is 1.31 bits per heavy atom. The second kappa shape index (κ2) is 8.49. The summed E-state index contributed by atoms with van der Waals surface area (Å²) in [7, 11) is 1.73. The molecule has 0 bridgehead atoms. The maximum atomic E-state index is 12.4. The molecule has 1 aliphatic rings. The van der Waals surface area contributed by atoms with Crippen molar-refractivity contribution in [2.45, 2.75) is 71.7 Å². The minimum absolute atomic E-state index is 0.0443. The van der Waals surface area contributed by atoms with Crippen LogP contribution in [0, 0.1) is 12.8 Å². The van der Waals surface area contributed by atoms with Crippen LogP contribution in [0.5, 0.6) is 5.75 Å². The molecule has 1 fully saturated rings. The third-order valence-electron chi connectivity index (χ3n) is 5.03. The van der Waals surface area contributed by atoms with Crippen LogP contribution >= 0.6 is 0 Å². The summed E-state index contributed by atoms with van der Waals surface area (Å²) in [5, 5.41) is 17.6. The van der Waals surface area contributed by atoms with E-state index in [0.29, 0.717) is 29.3 Å². The van der Waals surface area contributed by atoms with Gasteiger partial charge in [-0.15, -0.1) is 5.10 Å². The second-order valence-electron chi connectivity index (χ2n) is 8.58. The smallest absolute Gasteiger partial charge is 0.309 e. The van der Waals surface area contributed by atoms with E-state index in [1.54, 1.807) is 7.05 Å². The van der Waals surface area contributed by atoms with Gasteiger partial charge in [0.1, 0.15) is 17.0 Å². The highest BCUT2D eigenvalue weighted by Gasteiger charge is 2.32. The van der Waals surface area contributed by atoms with Crippen LogP contribution in [-0.4, -0.2) is 42.8 Å². The van der Waals surface area contributed by atoms with E-state index in [1.807, 2.05) is 39.8 Å². The number of aliphatic hydroxyl groups excluding tert-OH is 1. The molecule has 1 N–H and O–H groups in total. The number of nitrogens with zero attached hydrogens (tertiary/aromatic N) is 4. The summed E-state index contributed by atoms with van der Waals surface area (Å²) in [6.45, 7) is 7.38. The van der Waals surface area contributed by atoms with Gasteiger partial charge in [-0.3, -0.25) is 4.79 Å². The van der Waals surface area contributed by atoms with Crippen molar-refractivity contribution in [3.05, 3.63) is 23.5 Å². The largest absolute Gasteiger partial charge is 0.489 e. The lowest BCUT2D eigenvalue weighted by Gasteiger charge is -2.30. The molecule has 2 aromatic rings. The minimum Gasteiger partial charge on any atom is -0.489 e. The van der Waals surface area contributed by atoms with Gasteiger partial charge in [-0.05, 0) is 65.5 Å². The normalized spacial score (nSPS) is 19.8. The SMILES string of the molecule is Cc1nc(-c2nnn(C)c2CO)ccc1OC1CCC[C@H](C(=O)OC(C)(C)C)C1. The number of hydrogen-bond donors (Lipinski definition) is 1. The molecule has 2 aromatic heterocycles. The predicted octanol–water partition coefficient (Wildman–Crippen LogP) is 2.96. The highest BCUT2D eigenvalue weighted by molar-refractivity contribution is 5.73. The van der Waals surface area contributed by atoms with E-state index in [-0.39, 0.29) is 24.6 Å². The Morgan fingerprint density at radius 3 is 2.72 bits per heavy atom. The zero-order valence-electron chi connectivity index (χ0n) is 17.8. The molecule has 0 spiro atoms. The number of carbonyl (C=O) groups excluding carboxylic acids is 1. The summed E-state index contributed by atoms with van der Waals surface area (Å²) in [5.74, 6) is 0.417. The maximum absolute atomic E-state index is 12.4. The van der Waals surface area contributed by atoms with E-state index >= 15 is 0 Å². The molecule has 3 rings (SSSR count). The van der Waals surface area contributed by atoms with Gasteiger partial charge in [-0.2, -0.15) is 0 Å². The fourth-order valence-electron chi connectivity index (χ4n) is 3.59. The molecule has 1 unspecified atom stereocenters. The Labute approximate surface area is 171 Å². The summed E-state index contributed by atoms with van der Waals surface area (Å²) in [5.41, 5.74) is 2.07. The molecule has 0 aliphatic heterocycles. The highest BCUT2D eigenvalue weighted by Crippen LogP contribution is 2.31. The number of aliphatic hydroxyl groups is 1. The Hall–Kier alpha value is -2.48. The molecule has 1 aliphatic carbocycles. The first-order valence-corrected chi connectivity index (χ1v) is 10.0. The third kappa shape index (κ3) is 5.12. The van der Waals surface area contributed by atoms with Crippen molar-refractivity contribution in [3.63, 3.8) is 0 Å². The quantitative estimate of drug-likeness (QED) is 0.768. The molecule has 8 nitrogen and oxygen atoms in total. The standard InChI is InChI=1S/C21H30N4O4/c1-13-18(10-9-16(22-13)19-17(12-26)25(5)24-23-19)28-15-8-6-7-14(11-15)20(27)29-21(2,3)4/h9-10,14-15,26H,6-8,11-12H2,1-5H3/t14-,15?/m0/s1. The molecule has 0 amide bonds. The van der Waals surface area contributed by atoms with Crippen molar-refractivity contribution in [2.24, 2.45) is 13.0 Å². The van der Waals surface area contributed by atoms with Crippen molar-refractivity contribution in [1.82, 2.24) is 20.0 Å². The van der Waals surface area contributed by atoms with Crippen LogP contribution in [0.1, 0.15) is 57.8 Å². The Bertz CT molecular complexity index is 872. The van der Waals surface area contributed by atoms with Crippen LogP contribution in [0.15, 0.2) is 12.1 Å². The molecule has 2 atom stereocenters. The summed E-state index contributed by atoms with van der Waals surface area (Å²) in [6, 6.07) is 3.68. The zero-order valence-corrected chi connectivity index (χ0v) is 17.8. The third-order valence-corrected chi connectivity index (χ3v) is 5.03. The average molecular weight is 402 g/mol. The van der Waals surface area contributed by atoms with Crippen LogP contribution in [0.3, 0.4) is 0 Å². The molecule has 2 heterocycles. The number of esters is 1. The minimum atomic E-state index is -0.477. The van der Waals surface area contributed by atoms with Crippen molar-refractivity contribution in [2.75, 3.05) is 0 Å². The average Bonchev–Trinajstić information content (AvgIpc) is 3.03. The van der Waals surface area contributed by atoms with Crippen LogP contribution < -0.4 is 4.74 Å². The van der Waals surface area contributed by atoms with Gasteiger partial charge in [0.05, 0.1) is 35.7 Å². The maximum Gasteiger partial charge on any atom is 0.309 e. The van der Waals surface area contributed by atoms with E-state index in [9.17, 15) is 9.90 Å².